The van der Waals surface area contributed by atoms with Crippen LogP contribution in [0.4, 0.5) is 18.9 Å². The number of sulfonamides is 1. The van der Waals surface area contributed by atoms with E-state index >= 15 is 0 Å². The molecule has 1 aliphatic heterocycles. The van der Waals surface area contributed by atoms with Crippen molar-refractivity contribution < 1.29 is 40.5 Å². The normalized spacial score (nSPS) is 14.7. The second kappa shape index (κ2) is 14.0. The Bertz CT molecular complexity index is 1780. The summed E-state index contributed by atoms with van der Waals surface area (Å²) in [5, 5.41) is 0.629. The molecule has 0 amide bonds. The molecule has 0 atom stereocenters. The standard InChI is InChI=1S/C33H36F3N3O6S/c1-22-12-16-39(17-13-22)15-6-18-44-31-21-26-24(20-30(31)43-3)27(11-14-37-26)45-28-10-9-23(19-29(28)42-2)38-46(40,41)32-8-5-4-7-25(32)33(34,35)36/h4-5,7-11,14,19-22,38H,6,12-13,15-18H2,1-3H3. The number of aromatic nitrogens is 1. The summed E-state index contributed by atoms with van der Waals surface area (Å²) in [6, 6.07) is 13.3. The van der Waals surface area contributed by atoms with Crippen LogP contribution in [0.1, 0.15) is 31.7 Å². The Morgan fingerprint density at radius 3 is 2.35 bits per heavy atom. The number of benzene rings is 3. The molecule has 0 saturated carbocycles. The first-order valence-corrected chi connectivity index (χ1v) is 16.3. The Kier molecular flexibility index (Phi) is 10.1. The van der Waals surface area contributed by atoms with E-state index in [0.29, 0.717) is 40.8 Å². The Morgan fingerprint density at radius 1 is 0.913 bits per heavy atom. The highest BCUT2D eigenvalue weighted by Crippen LogP contribution is 2.41. The van der Waals surface area contributed by atoms with Gasteiger partial charge in [-0.05, 0) is 74.7 Å². The molecule has 1 N–H and O–H groups in total. The molecule has 1 fully saturated rings. The van der Waals surface area contributed by atoms with Crippen LogP contribution in [0.3, 0.4) is 0 Å². The summed E-state index contributed by atoms with van der Waals surface area (Å²) in [5.41, 5.74) is -0.681. The average molecular weight is 660 g/mol. The van der Waals surface area contributed by atoms with Gasteiger partial charge in [0.1, 0.15) is 5.75 Å². The number of ether oxygens (including phenoxy) is 4. The molecule has 0 spiro atoms. The maximum absolute atomic E-state index is 13.5. The van der Waals surface area contributed by atoms with Crippen molar-refractivity contribution in [1.82, 2.24) is 9.88 Å². The van der Waals surface area contributed by atoms with Gasteiger partial charge in [0.2, 0.25) is 0 Å². The summed E-state index contributed by atoms with van der Waals surface area (Å²) in [6.07, 6.45) is 0.0655. The van der Waals surface area contributed by atoms with Crippen molar-refractivity contribution in [3.8, 4) is 28.7 Å². The molecule has 246 valence electrons. The predicted molar refractivity (Wildman–Crippen MR) is 169 cm³/mol. The minimum atomic E-state index is -4.85. The summed E-state index contributed by atoms with van der Waals surface area (Å²) >= 11 is 0. The van der Waals surface area contributed by atoms with Gasteiger partial charge in [0, 0.05) is 30.3 Å². The van der Waals surface area contributed by atoms with Crippen molar-refractivity contribution in [3.63, 3.8) is 0 Å². The number of alkyl halides is 3. The zero-order valence-corrected chi connectivity index (χ0v) is 26.6. The van der Waals surface area contributed by atoms with Crippen LogP contribution >= 0.6 is 0 Å². The summed E-state index contributed by atoms with van der Waals surface area (Å²) in [5.74, 6) is 2.65. The number of piperidine rings is 1. The molecular formula is C33H36F3N3O6S. The molecule has 1 aliphatic rings. The molecule has 0 radical (unpaired) electrons. The summed E-state index contributed by atoms with van der Waals surface area (Å²) in [6.45, 7) is 6.03. The number of hydrogen-bond acceptors (Lipinski definition) is 8. The summed E-state index contributed by atoms with van der Waals surface area (Å²) in [4.78, 5) is 6.04. The van der Waals surface area contributed by atoms with E-state index in [0.717, 1.165) is 44.1 Å². The number of likely N-dealkylation sites (tertiary alicyclic amines) is 1. The quantitative estimate of drug-likeness (QED) is 0.158. The molecule has 0 bridgehead atoms. The minimum absolute atomic E-state index is 0.0148. The van der Waals surface area contributed by atoms with E-state index in [1.165, 1.54) is 44.2 Å². The second-order valence-electron chi connectivity index (χ2n) is 11.1. The van der Waals surface area contributed by atoms with Crippen LogP contribution in [-0.2, 0) is 16.2 Å². The van der Waals surface area contributed by atoms with E-state index in [9.17, 15) is 21.6 Å². The highest BCUT2D eigenvalue weighted by molar-refractivity contribution is 7.92. The smallest absolute Gasteiger partial charge is 0.417 e. The van der Waals surface area contributed by atoms with Crippen molar-refractivity contribution in [1.29, 1.82) is 0 Å². The predicted octanol–water partition coefficient (Wildman–Crippen LogP) is 7.36. The first-order valence-electron chi connectivity index (χ1n) is 14.9. The third kappa shape index (κ3) is 7.76. The van der Waals surface area contributed by atoms with Gasteiger partial charge in [-0.1, -0.05) is 19.1 Å². The maximum Gasteiger partial charge on any atom is 0.417 e. The van der Waals surface area contributed by atoms with Crippen molar-refractivity contribution >= 4 is 26.6 Å². The fraction of sp³-hybridized carbons (Fsp3) is 0.364. The lowest BCUT2D eigenvalue weighted by atomic mass is 9.99. The lowest BCUT2D eigenvalue weighted by Gasteiger charge is -2.30. The number of hydrogen-bond donors (Lipinski definition) is 1. The van der Waals surface area contributed by atoms with Gasteiger partial charge in [0.05, 0.1) is 42.5 Å². The van der Waals surface area contributed by atoms with Gasteiger partial charge in [-0.2, -0.15) is 13.2 Å². The lowest BCUT2D eigenvalue weighted by Crippen LogP contribution is -2.34. The second-order valence-corrected chi connectivity index (χ2v) is 12.8. The topological polar surface area (TPSA) is 99.2 Å². The Balaban J connectivity index is 1.32. The first kappa shape index (κ1) is 33.1. The van der Waals surface area contributed by atoms with Gasteiger partial charge in [-0.25, -0.2) is 8.42 Å². The Morgan fingerprint density at radius 2 is 1.63 bits per heavy atom. The average Bonchev–Trinajstić information content (AvgIpc) is 3.03. The van der Waals surface area contributed by atoms with Gasteiger partial charge in [-0.15, -0.1) is 0 Å². The molecule has 2 heterocycles. The van der Waals surface area contributed by atoms with Gasteiger partial charge < -0.3 is 23.8 Å². The SMILES string of the molecule is COc1cc2c(Oc3ccc(NS(=O)(=O)c4ccccc4C(F)(F)F)cc3OC)ccnc2cc1OCCCN1CCC(C)CC1. The largest absolute Gasteiger partial charge is 0.493 e. The van der Waals surface area contributed by atoms with Crippen LogP contribution in [0.5, 0.6) is 28.7 Å². The highest BCUT2D eigenvalue weighted by Gasteiger charge is 2.37. The number of halogens is 3. The zero-order valence-electron chi connectivity index (χ0n) is 25.8. The maximum atomic E-state index is 13.5. The molecule has 4 aromatic rings. The number of pyridine rings is 1. The zero-order chi connectivity index (χ0) is 32.9. The molecule has 0 unspecified atom stereocenters. The van der Waals surface area contributed by atoms with Crippen LogP contribution in [0.2, 0.25) is 0 Å². The summed E-state index contributed by atoms with van der Waals surface area (Å²) < 4.78 is 91.8. The van der Waals surface area contributed by atoms with Crippen molar-refractivity contribution in [2.45, 2.75) is 37.3 Å². The number of fused-ring (bicyclic) bond motifs is 1. The van der Waals surface area contributed by atoms with E-state index in [4.69, 9.17) is 18.9 Å². The van der Waals surface area contributed by atoms with E-state index in [1.807, 2.05) is 0 Å². The fourth-order valence-electron chi connectivity index (χ4n) is 5.32. The third-order valence-electron chi connectivity index (χ3n) is 7.86. The van der Waals surface area contributed by atoms with Crippen molar-refractivity contribution in [3.05, 3.63) is 72.4 Å². The number of nitrogens with one attached hydrogen (secondary N) is 1. The number of anilines is 1. The molecule has 1 aromatic heterocycles. The number of nitrogens with zero attached hydrogens (tertiary/aromatic N) is 2. The number of methoxy groups -OCH3 is 2. The van der Waals surface area contributed by atoms with E-state index in [1.54, 1.807) is 31.5 Å². The van der Waals surface area contributed by atoms with Gasteiger partial charge in [0.15, 0.2) is 23.0 Å². The summed E-state index contributed by atoms with van der Waals surface area (Å²) in [7, 11) is -1.67. The molecule has 1 saturated heterocycles. The van der Waals surface area contributed by atoms with Crippen molar-refractivity contribution in [2.24, 2.45) is 5.92 Å². The highest BCUT2D eigenvalue weighted by atomic mass is 32.2. The van der Waals surface area contributed by atoms with E-state index in [-0.39, 0.29) is 17.2 Å². The minimum Gasteiger partial charge on any atom is -0.493 e. The lowest BCUT2D eigenvalue weighted by molar-refractivity contribution is -0.139. The molecule has 3 aromatic carbocycles. The van der Waals surface area contributed by atoms with Crippen LogP contribution < -0.4 is 23.7 Å². The monoisotopic (exact) mass is 659 g/mol. The Hall–Kier alpha value is -4.23. The number of rotatable bonds is 12. The van der Waals surface area contributed by atoms with E-state index in [2.05, 4.69) is 21.5 Å². The first-order chi connectivity index (χ1) is 22.0. The molecule has 46 heavy (non-hydrogen) atoms. The fourth-order valence-corrected chi connectivity index (χ4v) is 6.60. The van der Waals surface area contributed by atoms with E-state index < -0.39 is 26.7 Å². The van der Waals surface area contributed by atoms with Crippen LogP contribution in [-0.4, -0.2) is 58.8 Å². The van der Waals surface area contributed by atoms with Crippen LogP contribution in [0, 0.1) is 5.92 Å². The molecular weight excluding hydrogens is 623 g/mol. The van der Waals surface area contributed by atoms with Gasteiger partial charge in [-0.3, -0.25) is 9.71 Å². The third-order valence-corrected chi connectivity index (χ3v) is 9.30. The molecule has 13 heteroatoms. The Labute approximate surface area is 266 Å². The van der Waals surface area contributed by atoms with Gasteiger partial charge in [0.25, 0.3) is 10.0 Å². The molecule has 9 nitrogen and oxygen atoms in total. The molecule has 0 aliphatic carbocycles. The molecule has 5 rings (SSSR count). The van der Waals surface area contributed by atoms with Gasteiger partial charge >= 0.3 is 6.18 Å². The van der Waals surface area contributed by atoms with Crippen LogP contribution in [0.15, 0.2) is 71.8 Å². The van der Waals surface area contributed by atoms with Crippen LogP contribution in [0.25, 0.3) is 10.9 Å². The van der Waals surface area contributed by atoms with Crippen molar-refractivity contribution in [2.75, 3.05) is 45.2 Å².